The van der Waals surface area contributed by atoms with Crippen LogP contribution in [0.5, 0.6) is 5.75 Å². The molecular formula is C20H19NO4. The fourth-order valence-corrected chi connectivity index (χ4v) is 2.36. The number of rotatable bonds is 8. The van der Waals surface area contributed by atoms with Gasteiger partial charge in [0.15, 0.2) is 0 Å². The molecule has 3 rings (SSSR count). The average molecular weight is 337 g/mol. The first-order valence-electron chi connectivity index (χ1n) is 8.13. The minimum absolute atomic E-state index is 0.192. The fraction of sp³-hybridized carbons (Fsp3) is 0.200. The van der Waals surface area contributed by atoms with Crippen LogP contribution in [0.25, 0.3) is 0 Å². The normalized spacial score (nSPS) is 10.4. The first-order chi connectivity index (χ1) is 12.3. The minimum Gasteiger partial charge on any atom is -0.489 e. The molecule has 5 heteroatoms. The molecule has 0 atom stereocenters. The lowest BCUT2D eigenvalue weighted by atomic mass is 10.2. The van der Waals surface area contributed by atoms with E-state index in [2.05, 4.69) is 4.98 Å². The maximum atomic E-state index is 12.2. The fourth-order valence-electron chi connectivity index (χ4n) is 2.36. The van der Waals surface area contributed by atoms with Crippen LogP contribution in [0.4, 0.5) is 0 Å². The van der Waals surface area contributed by atoms with Crippen molar-refractivity contribution in [1.82, 2.24) is 4.98 Å². The summed E-state index contributed by atoms with van der Waals surface area (Å²) in [5.41, 5.74) is 1.79. The third-order valence-electron chi connectivity index (χ3n) is 3.64. The van der Waals surface area contributed by atoms with Gasteiger partial charge < -0.3 is 13.9 Å². The molecule has 5 nitrogen and oxygen atoms in total. The molecule has 128 valence electrons. The van der Waals surface area contributed by atoms with Crippen molar-refractivity contribution < 1.29 is 18.7 Å². The molecule has 0 spiro atoms. The first-order valence-corrected chi connectivity index (χ1v) is 8.13. The Hall–Kier alpha value is -3.08. The quantitative estimate of drug-likeness (QED) is 0.458. The summed E-state index contributed by atoms with van der Waals surface area (Å²) < 4.78 is 16.2. The molecule has 0 bridgehead atoms. The number of hydrogen-bond donors (Lipinski definition) is 0. The highest BCUT2D eigenvalue weighted by Crippen LogP contribution is 2.16. The van der Waals surface area contributed by atoms with Crippen molar-refractivity contribution in [2.24, 2.45) is 0 Å². The van der Waals surface area contributed by atoms with Crippen molar-refractivity contribution in [3.8, 4) is 5.75 Å². The van der Waals surface area contributed by atoms with E-state index in [0.29, 0.717) is 12.2 Å². The summed E-state index contributed by atoms with van der Waals surface area (Å²) in [6, 6.07) is 15.0. The Balaban J connectivity index is 1.47. The number of para-hydroxylation sites is 1. The standard InChI is InChI=1S/C20H19NO4/c22-20(24-12-5-7-16-6-4-11-21-14-16)19-17(10-13-23-19)15-25-18-8-2-1-3-9-18/h1-4,6,8-11,13-14H,5,7,12,15H2. The van der Waals surface area contributed by atoms with E-state index in [9.17, 15) is 4.79 Å². The second kappa shape index (κ2) is 8.68. The average Bonchev–Trinajstić information content (AvgIpc) is 3.14. The molecule has 0 radical (unpaired) electrons. The molecule has 3 aromatic rings. The molecule has 0 amide bonds. The molecule has 0 aliphatic heterocycles. The number of furan rings is 1. The number of carbonyl (C=O) groups excluding carboxylic acids is 1. The Bertz CT molecular complexity index is 784. The Morgan fingerprint density at radius 1 is 1.08 bits per heavy atom. The lowest BCUT2D eigenvalue weighted by Gasteiger charge is -2.07. The van der Waals surface area contributed by atoms with Crippen molar-refractivity contribution in [2.45, 2.75) is 19.4 Å². The van der Waals surface area contributed by atoms with Crippen LogP contribution in [0.15, 0.2) is 71.6 Å². The van der Waals surface area contributed by atoms with Gasteiger partial charge in [0, 0.05) is 18.0 Å². The molecule has 0 N–H and O–H groups in total. The summed E-state index contributed by atoms with van der Waals surface area (Å²) in [5, 5.41) is 0. The monoisotopic (exact) mass is 337 g/mol. The van der Waals surface area contributed by atoms with Gasteiger partial charge in [-0.1, -0.05) is 24.3 Å². The van der Waals surface area contributed by atoms with Gasteiger partial charge in [0.05, 0.1) is 12.9 Å². The summed E-state index contributed by atoms with van der Waals surface area (Å²) in [4.78, 5) is 16.2. The van der Waals surface area contributed by atoms with Crippen LogP contribution in [-0.4, -0.2) is 17.6 Å². The van der Waals surface area contributed by atoms with Gasteiger partial charge in [0.1, 0.15) is 12.4 Å². The van der Waals surface area contributed by atoms with Gasteiger partial charge in [0.2, 0.25) is 5.76 Å². The Kier molecular flexibility index (Phi) is 5.82. The van der Waals surface area contributed by atoms with Crippen molar-refractivity contribution in [1.29, 1.82) is 0 Å². The summed E-state index contributed by atoms with van der Waals surface area (Å²) in [6.07, 6.45) is 6.56. The maximum absolute atomic E-state index is 12.2. The minimum atomic E-state index is -0.470. The van der Waals surface area contributed by atoms with E-state index in [1.807, 2.05) is 48.7 Å². The van der Waals surface area contributed by atoms with Gasteiger partial charge in [0.25, 0.3) is 0 Å². The zero-order chi connectivity index (χ0) is 17.3. The number of hydrogen-bond acceptors (Lipinski definition) is 5. The number of nitrogens with zero attached hydrogens (tertiary/aromatic N) is 1. The zero-order valence-corrected chi connectivity index (χ0v) is 13.8. The number of carbonyl (C=O) groups is 1. The van der Waals surface area contributed by atoms with Gasteiger partial charge in [-0.15, -0.1) is 0 Å². The van der Waals surface area contributed by atoms with Crippen LogP contribution < -0.4 is 4.74 Å². The third kappa shape index (κ3) is 4.94. The highest BCUT2D eigenvalue weighted by Gasteiger charge is 2.17. The molecule has 1 aromatic carbocycles. The molecule has 25 heavy (non-hydrogen) atoms. The second-order valence-electron chi connectivity index (χ2n) is 5.48. The van der Waals surface area contributed by atoms with Crippen LogP contribution >= 0.6 is 0 Å². The van der Waals surface area contributed by atoms with E-state index in [-0.39, 0.29) is 12.4 Å². The maximum Gasteiger partial charge on any atom is 0.374 e. The molecule has 2 aromatic heterocycles. The smallest absolute Gasteiger partial charge is 0.374 e. The highest BCUT2D eigenvalue weighted by atomic mass is 16.5. The topological polar surface area (TPSA) is 61.6 Å². The molecule has 0 aliphatic rings. The molecule has 0 saturated heterocycles. The summed E-state index contributed by atoms with van der Waals surface area (Å²) in [5.74, 6) is 0.458. The SMILES string of the molecule is O=C(OCCCc1cccnc1)c1occc1COc1ccccc1. The van der Waals surface area contributed by atoms with E-state index in [1.165, 1.54) is 6.26 Å². The molecule has 2 heterocycles. The van der Waals surface area contributed by atoms with Gasteiger partial charge in [-0.25, -0.2) is 4.79 Å². The zero-order valence-electron chi connectivity index (χ0n) is 13.8. The van der Waals surface area contributed by atoms with Gasteiger partial charge in [-0.05, 0) is 42.7 Å². The van der Waals surface area contributed by atoms with E-state index >= 15 is 0 Å². The molecule has 0 unspecified atom stereocenters. The van der Waals surface area contributed by atoms with E-state index in [0.717, 1.165) is 24.2 Å². The highest BCUT2D eigenvalue weighted by molar-refractivity contribution is 5.87. The number of aryl methyl sites for hydroxylation is 1. The van der Waals surface area contributed by atoms with E-state index in [4.69, 9.17) is 13.9 Å². The Labute approximate surface area is 146 Å². The Morgan fingerprint density at radius 3 is 2.76 bits per heavy atom. The van der Waals surface area contributed by atoms with E-state index in [1.54, 1.807) is 12.3 Å². The number of esters is 1. The molecule has 0 aliphatic carbocycles. The number of ether oxygens (including phenoxy) is 2. The molecule has 0 fully saturated rings. The van der Waals surface area contributed by atoms with Crippen LogP contribution in [0.3, 0.4) is 0 Å². The lowest BCUT2D eigenvalue weighted by Crippen LogP contribution is -2.09. The summed E-state index contributed by atoms with van der Waals surface area (Å²) in [6.45, 7) is 0.577. The molecular weight excluding hydrogens is 318 g/mol. The molecule has 0 saturated carbocycles. The summed E-state index contributed by atoms with van der Waals surface area (Å²) >= 11 is 0. The van der Waals surface area contributed by atoms with Crippen LogP contribution in [0.1, 0.15) is 28.1 Å². The van der Waals surface area contributed by atoms with Gasteiger partial charge in [-0.2, -0.15) is 0 Å². The van der Waals surface area contributed by atoms with Crippen molar-refractivity contribution in [3.05, 3.63) is 84.1 Å². The largest absolute Gasteiger partial charge is 0.489 e. The number of aromatic nitrogens is 1. The summed E-state index contributed by atoms with van der Waals surface area (Å²) in [7, 11) is 0. The second-order valence-corrected chi connectivity index (χ2v) is 5.48. The van der Waals surface area contributed by atoms with Gasteiger partial charge >= 0.3 is 5.97 Å². The van der Waals surface area contributed by atoms with Crippen molar-refractivity contribution in [3.63, 3.8) is 0 Å². The van der Waals surface area contributed by atoms with Crippen LogP contribution in [0.2, 0.25) is 0 Å². The van der Waals surface area contributed by atoms with E-state index < -0.39 is 5.97 Å². The predicted octanol–water partition coefficient (Wildman–Crippen LogP) is 4.04. The number of pyridine rings is 1. The predicted molar refractivity (Wildman–Crippen MR) is 92.3 cm³/mol. The first kappa shape index (κ1) is 16.8. The van der Waals surface area contributed by atoms with Crippen molar-refractivity contribution in [2.75, 3.05) is 6.61 Å². The van der Waals surface area contributed by atoms with Gasteiger partial charge in [-0.3, -0.25) is 4.98 Å². The Morgan fingerprint density at radius 2 is 1.96 bits per heavy atom. The van der Waals surface area contributed by atoms with Crippen LogP contribution in [-0.2, 0) is 17.8 Å². The number of benzene rings is 1. The van der Waals surface area contributed by atoms with Crippen LogP contribution in [0, 0.1) is 0 Å². The van der Waals surface area contributed by atoms with Crippen molar-refractivity contribution >= 4 is 5.97 Å². The lowest BCUT2D eigenvalue weighted by molar-refractivity contribution is 0.0460. The third-order valence-corrected chi connectivity index (χ3v) is 3.64.